The fourth-order valence-electron chi connectivity index (χ4n) is 2.18. The lowest BCUT2D eigenvalue weighted by Gasteiger charge is -2.19. The molecule has 0 aliphatic heterocycles. The van der Waals surface area contributed by atoms with Gasteiger partial charge in [-0.15, -0.1) is 0 Å². The second kappa shape index (κ2) is 6.18. The Morgan fingerprint density at radius 2 is 2.05 bits per heavy atom. The molecule has 0 saturated carbocycles. The summed E-state index contributed by atoms with van der Waals surface area (Å²) in [7, 11) is 0. The summed E-state index contributed by atoms with van der Waals surface area (Å²) in [4.78, 5) is 16.0. The lowest BCUT2D eigenvalue weighted by molar-refractivity contribution is 0.0512. The van der Waals surface area contributed by atoms with Gasteiger partial charge in [0, 0.05) is 0 Å². The van der Waals surface area contributed by atoms with Crippen LogP contribution in [0.15, 0.2) is 42.9 Å². The number of ether oxygens (including phenoxy) is 1. The van der Waals surface area contributed by atoms with Crippen LogP contribution in [0.4, 0.5) is 0 Å². The van der Waals surface area contributed by atoms with Crippen LogP contribution in [0.2, 0.25) is 0 Å². The highest BCUT2D eigenvalue weighted by atomic mass is 16.5. The lowest BCUT2D eigenvalue weighted by atomic mass is 10.0. The van der Waals surface area contributed by atoms with Gasteiger partial charge in [0.15, 0.2) is 0 Å². The highest BCUT2D eigenvalue weighted by molar-refractivity contribution is 5.87. The monoisotopic (exact) mass is 258 g/mol. The molecule has 0 saturated heterocycles. The minimum absolute atomic E-state index is 0.100. The third kappa shape index (κ3) is 2.84. The number of nitrogens with zero attached hydrogens (tertiary/aromatic N) is 2. The van der Waals surface area contributed by atoms with E-state index in [1.54, 1.807) is 19.4 Å². The molecule has 1 unspecified atom stereocenters. The van der Waals surface area contributed by atoms with Gasteiger partial charge < -0.3 is 9.30 Å². The minimum atomic E-state index is -0.325. The fraction of sp³-hybridized carbons (Fsp3) is 0.333. The molecule has 100 valence electrons. The van der Waals surface area contributed by atoms with Gasteiger partial charge in [-0.3, -0.25) is 0 Å². The minimum Gasteiger partial charge on any atom is -0.461 e. The van der Waals surface area contributed by atoms with Crippen molar-refractivity contribution in [3.05, 3.63) is 54.1 Å². The van der Waals surface area contributed by atoms with E-state index in [9.17, 15) is 4.79 Å². The van der Waals surface area contributed by atoms with Gasteiger partial charge in [-0.1, -0.05) is 37.3 Å². The van der Waals surface area contributed by atoms with Gasteiger partial charge in [0.25, 0.3) is 0 Å². The molecule has 4 heteroatoms. The quantitative estimate of drug-likeness (QED) is 0.774. The van der Waals surface area contributed by atoms with E-state index in [0.29, 0.717) is 12.3 Å². The molecule has 19 heavy (non-hydrogen) atoms. The average molecular weight is 258 g/mol. The Bertz CT molecular complexity index is 534. The van der Waals surface area contributed by atoms with E-state index < -0.39 is 0 Å². The Morgan fingerprint density at radius 3 is 2.68 bits per heavy atom. The summed E-state index contributed by atoms with van der Waals surface area (Å²) < 4.78 is 6.94. The smallest absolute Gasteiger partial charge is 0.356 e. The van der Waals surface area contributed by atoms with E-state index in [2.05, 4.69) is 24.0 Å². The third-order valence-corrected chi connectivity index (χ3v) is 3.06. The third-order valence-electron chi connectivity index (χ3n) is 3.06. The Balaban J connectivity index is 2.35. The summed E-state index contributed by atoms with van der Waals surface area (Å²) in [5.41, 5.74) is 1.66. The molecular formula is C15H18N2O2. The summed E-state index contributed by atoms with van der Waals surface area (Å²) in [5, 5.41) is 0. The molecule has 1 aromatic heterocycles. The van der Waals surface area contributed by atoms with Gasteiger partial charge in [0.2, 0.25) is 0 Å². The number of carbonyl (C=O) groups excluding carboxylic acids is 1. The number of carbonyl (C=O) groups is 1. The van der Waals surface area contributed by atoms with E-state index in [4.69, 9.17) is 4.74 Å². The van der Waals surface area contributed by atoms with Gasteiger partial charge in [-0.05, 0) is 18.9 Å². The van der Waals surface area contributed by atoms with Crippen molar-refractivity contribution in [3.8, 4) is 0 Å². The van der Waals surface area contributed by atoms with Crippen molar-refractivity contribution in [2.24, 2.45) is 0 Å². The van der Waals surface area contributed by atoms with E-state index >= 15 is 0 Å². The zero-order chi connectivity index (χ0) is 13.7. The topological polar surface area (TPSA) is 44.1 Å². The summed E-state index contributed by atoms with van der Waals surface area (Å²) in [6.45, 7) is 4.26. The summed E-state index contributed by atoms with van der Waals surface area (Å²) in [5.74, 6) is -0.325. The molecule has 0 amide bonds. The standard InChI is InChI=1S/C15H18N2O2/c1-3-13(12-8-6-5-7-9-12)17-11-16-10-14(17)15(18)19-4-2/h5-11,13H,3-4H2,1-2H3. The van der Waals surface area contributed by atoms with Crippen LogP contribution in [0.25, 0.3) is 0 Å². The lowest BCUT2D eigenvalue weighted by Crippen LogP contribution is -2.17. The predicted molar refractivity (Wildman–Crippen MR) is 73.1 cm³/mol. The van der Waals surface area contributed by atoms with Crippen LogP contribution in [0.5, 0.6) is 0 Å². The molecule has 0 aliphatic rings. The Morgan fingerprint density at radius 1 is 1.32 bits per heavy atom. The predicted octanol–water partition coefficient (Wildman–Crippen LogP) is 3.06. The second-order valence-electron chi connectivity index (χ2n) is 4.24. The highest BCUT2D eigenvalue weighted by Gasteiger charge is 2.19. The number of hydrogen-bond donors (Lipinski definition) is 0. The zero-order valence-corrected chi connectivity index (χ0v) is 11.2. The average Bonchev–Trinajstić information content (AvgIpc) is 2.90. The number of rotatable bonds is 5. The number of imidazole rings is 1. The number of aromatic nitrogens is 2. The molecule has 1 aromatic carbocycles. The Kier molecular flexibility index (Phi) is 4.34. The van der Waals surface area contributed by atoms with Crippen LogP contribution in [-0.2, 0) is 4.74 Å². The van der Waals surface area contributed by atoms with Gasteiger partial charge in [0.1, 0.15) is 5.69 Å². The van der Waals surface area contributed by atoms with Crippen molar-refractivity contribution in [3.63, 3.8) is 0 Å². The summed E-state index contributed by atoms with van der Waals surface area (Å²) in [6.07, 6.45) is 4.13. The molecule has 0 fully saturated rings. The highest BCUT2D eigenvalue weighted by Crippen LogP contribution is 2.23. The molecule has 0 N–H and O–H groups in total. The van der Waals surface area contributed by atoms with E-state index in [1.807, 2.05) is 22.8 Å². The van der Waals surface area contributed by atoms with Crippen LogP contribution in [-0.4, -0.2) is 22.1 Å². The maximum Gasteiger partial charge on any atom is 0.356 e. The van der Waals surface area contributed by atoms with Crippen molar-refractivity contribution >= 4 is 5.97 Å². The fourth-order valence-corrected chi connectivity index (χ4v) is 2.18. The van der Waals surface area contributed by atoms with Crippen molar-refractivity contribution in [1.29, 1.82) is 0 Å². The van der Waals surface area contributed by atoms with Gasteiger partial charge >= 0.3 is 5.97 Å². The maximum atomic E-state index is 11.9. The van der Waals surface area contributed by atoms with Crippen LogP contribution in [0, 0.1) is 0 Å². The van der Waals surface area contributed by atoms with Crippen molar-refractivity contribution in [2.75, 3.05) is 6.61 Å². The summed E-state index contributed by atoms with van der Waals surface area (Å²) >= 11 is 0. The normalized spacial score (nSPS) is 12.1. The summed E-state index contributed by atoms with van der Waals surface area (Å²) in [6, 6.07) is 10.2. The molecule has 2 rings (SSSR count). The van der Waals surface area contributed by atoms with Gasteiger partial charge in [0.05, 0.1) is 25.2 Å². The largest absolute Gasteiger partial charge is 0.461 e. The van der Waals surface area contributed by atoms with Gasteiger partial charge in [-0.2, -0.15) is 0 Å². The Hall–Kier alpha value is -2.10. The van der Waals surface area contributed by atoms with Crippen molar-refractivity contribution in [1.82, 2.24) is 9.55 Å². The number of benzene rings is 1. The first kappa shape index (κ1) is 13.3. The van der Waals surface area contributed by atoms with Crippen LogP contribution >= 0.6 is 0 Å². The van der Waals surface area contributed by atoms with E-state index in [1.165, 1.54) is 0 Å². The maximum absolute atomic E-state index is 11.9. The molecule has 0 radical (unpaired) electrons. The molecule has 1 heterocycles. The van der Waals surface area contributed by atoms with Crippen molar-refractivity contribution < 1.29 is 9.53 Å². The number of esters is 1. The molecule has 1 atom stereocenters. The van der Waals surface area contributed by atoms with Crippen LogP contribution in [0.1, 0.15) is 42.4 Å². The molecule has 0 aliphatic carbocycles. The van der Waals surface area contributed by atoms with E-state index in [-0.39, 0.29) is 12.0 Å². The molecular weight excluding hydrogens is 240 g/mol. The van der Waals surface area contributed by atoms with Crippen molar-refractivity contribution in [2.45, 2.75) is 26.3 Å². The Labute approximate surface area is 113 Å². The van der Waals surface area contributed by atoms with E-state index in [0.717, 1.165) is 12.0 Å². The van der Waals surface area contributed by atoms with Gasteiger partial charge in [-0.25, -0.2) is 9.78 Å². The first-order valence-corrected chi connectivity index (χ1v) is 6.51. The SMILES string of the molecule is CCOC(=O)c1cncn1C(CC)c1ccccc1. The molecule has 2 aromatic rings. The van der Waals surface area contributed by atoms with Crippen LogP contribution < -0.4 is 0 Å². The first-order valence-electron chi connectivity index (χ1n) is 6.51. The molecule has 4 nitrogen and oxygen atoms in total. The number of hydrogen-bond acceptors (Lipinski definition) is 3. The first-order chi connectivity index (χ1) is 9.27. The molecule has 0 bridgehead atoms. The van der Waals surface area contributed by atoms with Crippen LogP contribution in [0.3, 0.4) is 0 Å². The second-order valence-corrected chi connectivity index (χ2v) is 4.24. The zero-order valence-electron chi connectivity index (χ0n) is 11.2. The molecule has 0 spiro atoms.